The number of hydrogen-bond donors (Lipinski definition) is 5. The fourth-order valence-corrected chi connectivity index (χ4v) is 3.77. The molecular weight excluding hydrogens is 449 g/mol. The molecule has 0 saturated carbocycles. The van der Waals surface area contributed by atoms with E-state index >= 15 is 0 Å². The monoisotopic (exact) mass is 475 g/mol. The zero-order valence-electron chi connectivity index (χ0n) is 18.9. The molecular formula is C25H26FN7O2. The van der Waals surface area contributed by atoms with E-state index in [1.54, 1.807) is 48.8 Å². The molecule has 0 radical (unpaired) electrons. The predicted octanol–water partition coefficient (Wildman–Crippen LogP) is 2.68. The lowest BCUT2D eigenvalue weighted by Gasteiger charge is -2.19. The van der Waals surface area contributed by atoms with Gasteiger partial charge in [0.15, 0.2) is 0 Å². The van der Waals surface area contributed by atoms with Gasteiger partial charge in [0.1, 0.15) is 23.4 Å². The molecule has 3 heterocycles. The van der Waals surface area contributed by atoms with E-state index in [4.69, 9.17) is 15.8 Å². The first-order valence-electron chi connectivity index (χ1n) is 11.1. The smallest absolute Gasteiger partial charge is 0.231 e. The summed E-state index contributed by atoms with van der Waals surface area (Å²) in [4.78, 5) is 21.9. The van der Waals surface area contributed by atoms with E-state index < -0.39 is 11.8 Å². The molecule has 1 aromatic carbocycles. The fraction of sp³-hybridized carbons (Fsp3) is 0.200. The molecule has 3 aromatic heterocycles. The van der Waals surface area contributed by atoms with Crippen LogP contribution in [0.25, 0.3) is 11.3 Å². The Kier molecular flexibility index (Phi) is 7.63. The van der Waals surface area contributed by atoms with Crippen molar-refractivity contribution in [3.05, 3.63) is 89.6 Å². The van der Waals surface area contributed by atoms with Crippen molar-refractivity contribution >= 4 is 17.5 Å². The van der Waals surface area contributed by atoms with Crippen LogP contribution < -0.4 is 16.4 Å². The number of nitrogens with zero attached hydrogens (tertiary/aromatic N) is 3. The normalized spacial score (nSPS) is 11.7. The Morgan fingerprint density at radius 1 is 1.09 bits per heavy atom. The van der Waals surface area contributed by atoms with E-state index in [1.807, 2.05) is 6.07 Å². The summed E-state index contributed by atoms with van der Waals surface area (Å²) in [5.41, 5.74) is 9.13. The van der Waals surface area contributed by atoms with Crippen LogP contribution in [0.3, 0.4) is 0 Å². The Morgan fingerprint density at radius 3 is 2.69 bits per heavy atom. The minimum Gasteiger partial charge on any atom is -0.395 e. The van der Waals surface area contributed by atoms with Gasteiger partial charge in [0.25, 0.3) is 0 Å². The topological polar surface area (TPSA) is 142 Å². The van der Waals surface area contributed by atoms with Gasteiger partial charge < -0.3 is 21.5 Å². The molecule has 0 saturated heterocycles. The largest absolute Gasteiger partial charge is 0.395 e. The van der Waals surface area contributed by atoms with Crippen molar-refractivity contribution in [3.8, 4) is 11.3 Å². The van der Waals surface area contributed by atoms with E-state index in [0.29, 0.717) is 48.1 Å². The number of aliphatic hydroxyl groups excluding tert-OH is 1. The van der Waals surface area contributed by atoms with Gasteiger partial charge in [0, 0.05) is 30.4 Å². The maximum Gasteiger partial charge on any atom is 0.231 e. The molecule has 4 aromatic rings. The molecule has 0 aliphatic carbocycles. The second kappa shape index (κ2) is 11.2. The summed E-state index contributed by atoms with van der Waals surface area (Å²) >= 11 is 0. The lowest BCUT2D eigenvalue weighted by molar-refractivity contribution is -0.118. The summed E-state index contributed by atoms with van der Waals surface area (Å²) in [5, 5.41) is 22.1. The number of aromatic amines is 1. The first-order chi connectivity index (χ1) is 17.0. The van der Waals surface area contributed by atoms with E-state index in [0.717, 1.165) is 11.1 Å². The third-order valence-corrected chi connectivity index (χ3v) is 5.40. The first-order valence-corrected chi connectivity index (χ1v) is 11.1. The Balaban J connectivity index is 1.67. The van der Waals surface area contributed by atoms with Gasteiger partial charge in [-0.1, -0.05) is 24.3 Å². The Bertz CT molecular complexity index is 1280. The highest BCUT2D eigenvalue weighted by Gasteiger charge is 2.26. The summed E-state index contributed by atoms with van der Waals surface area (Å²) < 4.78 is 13.6. The third-order valence-electron chi connectivity index (χ3n) is 5.40. The number of hydrogen-bond acceptors (Lipinski definition) is 7. The first kappa shape index (κ1) is 23.8. The van der Waals surface area contributed by atoms with E-state index in [-0.39, 0.29) is 12.4 Å². The highest BCUT2D eigenvalue weighted by Crippen LogP contribution is 2.31. The summed E-state index contributed by atoms with van der Waals surface area (Å²) in [6.07, 6.45) is 3.93. The van der Waals surface area contributed by atoms with Crippen molar-refractivity contribution in [2.24, 2.45) is 5.73 Å². The van der Waals surface area contributed by atoms with Crippen molar-refractivity contribution in [1.82, 2.24) is 20.2 Å². The molecule has 0 fully saturated rings. The number of anilines is 2. The molecule has 180 valence electrons. The molecule has 10 heteroatoms. The fourth-order valence-electron chi connectivity index (χ4n) is 3.77. The van der Waals surface area contributed by atoms with E-state index in [1.165, 1.54) is 12.1 Å². The number of carbonyl (C=O) groups is 1. The van der Waals surface area contributed by atoms with Crippen LogP contribution in [0.5, 0.6) is 0 Å². The zero-order chi connectivity index (χ0) is 24.6. The van der Waals surface area contributed by atoms with Gasteiger partial charge in [0.2, 0.25) is 5.91 Å². The number of aromatic nitrogens is 4. The van der Waals surface area contributed by atoms with Crippen LogP contribution in [0.15, 0.2) is 67.0 Å². The van der Waals surface area contributed by atoms with Crippen LogP contribution in [0, 0.1) is 5.82 Å². The van der Waals surface area contributed by atoms with Crippen molar-refractivity contribution in [2.75, 3.05) is 30.3 Å². The number of rotatable bonds is 11. The molecule has 0 aliphatic rings. The van der Waals surface area contributed by atoms with Gasteiger partial charge in [-0.05, 0) is 42.3 Å². The average Bonchev–Trinajstić information content (AvgIpc) is 3.39. The van der Waals surface area contributed by atoms with Gasteiger partial charge >= 0.3 is 0 Å². The van der Waals surface area contributed by atoms with Gasteiger partial charge in [-0.15, -0.1) is 0 Å². The number of benzene rings is 1. The number of primary amides is 1. The lowest BCUT2D eigenvalue weighted by atomic mass is 9.94. The Morgan fingerprint density at radius 2 is 1.94 bits per heavy atom. The quantitative estimate of drug-likeness (QED) is 0.224. The van der Waals surface area contributed by atoms with Gasteiger partial charge in [-0.3, -0.25) is 9.89 Å². The van der Waals surface area contributed by atoms with Gasteiger partial charge in [0.05, 0.1) is 24.2 Å². The number of nitrogens with one attached hydrogen (secondary N) is 3. The summed E-state index contributed by atoms with van der Waals surface area (Å²) in [6, 6.07) is 15.2. The minimum atomic E-state index is -0.867. The summed E-state index contributed by atoms with van der Waals surface area (Å²) in [5.74, 6) is -0.750. The van der Waals surface area contributed by atoms with Crippen LogP contribution in [0.1, 0.15) is 22.7 Å². The minimum absolute atomic E-state index is 0.0517. The van der Waals surface area contributed by atoms with Crippen LogP contribution in [0.2, 0.25) is 0 Å². The number of pyridine rings is 2. The maximum atomic E-state index is 13.6. The molecule has 4 rings (SSSR count). The standard InChI is InChI=1S/C25H26FN7O2/c26-18-4-1-3-16(13-18)9-10-29-25-19(7-8-20(33-25)17-14-30-31-15-17)23(24(27)35)21-5-2-6-22(32-21)28-11-12-34/h1-8,13-15,23,34H,9-12H2,(H2,27,35)(H,28,32)(H,29,33)(H,30,31). The van der Waals surface area contributed by atoms with Crippen LogP contribution in [0.4, 0.5) is 16.0 Å². The van der Waals surface area contributed by atoms with Gasteiger partial charge in [-0.25, -0.2) is 14.4 Å². The molecule has 0 spiro atoms. The molecule has 6 N–H and O–H groups in total. The number of H-pyrrole nitrogens is 1. The Labute approximate surface area is 201 Å². The third kappa shape index (κ3) is 5.98. The summed E-state index contributed by atoms with van der Waals surface area (Å²) in [6.45, 7) is 0.727. The molecule has 0 aliphatic heterocycles. The number of amides is 1. The van der Waals surface area contributed by atoms with Gasteiger partial charge in [-0.2, -0.15) is 5.10 Å². The lowest BCUT2D eigenvalue weighted by Crippen LogP contribution is -2.25. The second-order valence-corrected chi connectivity index (χ2v) is 7.86. The Hall–Kier alpha value is -4.31. The predicted molar refractivity (Wildman–Crippen MR) is 131 cm³/mol. The van der Waals surface area contributed by atoms with Crippen molar-refractivity contribution in [2.45, 2.75) is 12.3 Å². The van der Waals surface area contributed by atoms with Crippen LogP contribution in [-0.2, 0) is 11.2 Å². The molecule has 35 heavy (non-hydrogen) atoms. The number of nitrogens with two attached hydrogens (primary N) is 1. The average molecular weight is 476 g/mol. The van der Waals surface area contributed by atoms with Crippen molar-refractivity contribution in [3.63, 3.8) is 0 Å². The number of carbonyl (C=O) groups excluding carboxylic acids is 1. The molecule has 1 atom stereocenters. The van der Waals surface area contributed by atoms with E-state index in [9.17, 15) is 9.18 Å². The number of aliphatic hydroxyl groups is 1. The molecule has 9 nitrogen and oxygen atoms in total. The van der Waals surface area contributed by atoms with Crippen LogP contribution in [-0.4, -0.2) is 50.9 Å². The maximum absolute atomic E-state index is 13.6. The van der Waals surface area contributed by atoms with Crippen molar-refractivity contribution in [1.29, 1.82) is 0 Å². The molecule has 1 amide bonds. The SMILES string of the molecule is NC(=O)C(c1cccc(NCCO)n1)c1ccc(-c2cn[nH]c2)nc1NCCc1cccc(F)c1. The zero-order valence-corrected chi connectivity index (χ0v) is 18.9. The molecule has 1 unspecified atom stereocenters. The van der Waals surface area contributed by atoms with Crippen molar-refractivity contribution < 1.29 is 14.3 Å². The van der Waals surface area contributed by atoms with E-state index in [2.05, 4.69) is 25.8 Å². The highest BCUT2D eigenvalue weighted by atomic mass is 19.1. The summed E-state index contributed by atoms with van der Waals surface area (Å²) in [7, 11) is 0. The number of halogens is 1. The molecule has 0 bridgehead atoms. The second-order valence-electron chi connectivity index (χ2n) is 7.86. The highest BCUT2D eigenvalue weighted by molar-refractivity contribution is 5.87. The van der Waals surface area contributed by atoms with Crippen LogP contribution >= 0.6 is 0 Å².